The molecule has 1 N–H and O–H groups in total. The van der Waals surface area contributed by atoms with Crippen LogP contribution in [0.5, 0.6) is 11.5 Å². The monoisotopic (exact) mass is 289 g/mol. The van der Waals surface area contributed by atoms with Crippen LogP contribution in [0.15, 0.2) is 47.5 Å². The van der Waals surface area contributed by atoms with Crippen molar-refractivity contribution in [1.82, 2.24) is 0 Å². The minimum absolute atomic E-state index is 0.0423. The Morgan fingerprint density at radius 2 is 2.00 bits per heavy atom. The van der Waals surface area contributed by atoms with Gasteiger partial charge in [-0.25, -0.2) is 0 Å². The maximum atomic E-state index is 9.98. The van der Waals surface area contributed by atoms with E-state index in [0.29, 0.717) is 16.3 Å². The molecule has 0 aliphatic carbocycles. The van der Waals surface area contributed by atoms with Gasteiger partial charge in [0, 0.05) is 16.8 Å². The Hall–Kier alpha value is -2.00. The largest absolute Gasteiger partial charge is 0.504 e. The smallest absolute Gasteiger partial charge is 0.166 e. The summed E-state index contributed by atoms with van der Waals surface area (Å²) in [7, 11) is 1.52. The molecule has 1 atom stereocenters. The topological polar surface area (TPSA) is 41.8 Å². The molecule has 0 bridgehead atoms. The molecule has 4 heteroatoms. The van der Waals surface area contributed by atoms with Crippen LogP contribution in [-0.2, 0) is 0 Å². The van der Waals surface area contributed by atoms with E-state index in [2.05, 4.69) is 4.99 Å². The molecule has 0 aliphatic heterocycles. The molecule has 0 aliphatic rings. The third kappa shape index (κ3) is 3.31. The molecular weight excluding hydrogens is 274 g/mol. The lowest BCUT2D eigenvalue weighted by Gasteiger charge is -2.08. The van der Waals surface area contributed by atoms with Gasteiger partial charge in [-0.1, -0.05) is 29.8 Å². The molecule has 0 saturated heterocycles. The highest BCUT2D eigenvalue weighted by Gasteiger charge is 2.06. The highest BCUT2D eigenvalue weighted by molar-refractivity contribution is 6.30. The van der Waals surface area contributed by atoms with Gasteiger partial charge >= 0.3 is 0 Å². The molecule has 2 aromatic carbocycles. The van der Waals surface area contributed by atoms with E-state index in [1.165, 1.54) is 7.11 Å². The Kier molecular flexibility index (Phi) is 4.64. The van der Waals surface area contributed by atoms with E-state index in [1.807, 2.05) is 37.3 Å². The van der Waals surface area contributed by atoms with E-state index < -0.39 is 0 Å². The number of methoxy groups -OCH3 is 1. The first kappa shape index (κ1) is 14.4. The maximum Gasteiger partial charge on any atom is 0.166 e. The van der Waals surface area contributed by atoms with Gasteiger partial charge in [0.05, 0.1) is 13.2 Å². The van der Waals surface area contributed by atoms with E-state index in [0.717, 1.165) is 5.56 Å². The summed E-state index contributed by atoms with van der Waals surface area (Å²) in [4.78, 5) is 4.44. The molecule has 2 rings (SSSR count). The van der Waals surface area contributed by atoms with Crippen molar-refractivity contribution in [2.45, 2.75) is 13.0 Å². The van der Waals surface area contributed by atoms with Gasteiger partial charge in [0.2, 0.25) is 0 Å². The van der Waals surface area contributed by atoms with Gasteiger partial charge in [0.25, 0.3) is 0 Å². The zero-order chi connectivity index (χ0) is 14.5. The average molecular weight is 290 g/mol. The Morgan fingerprint density at radius 1 is 1.25 bits per heavy atom. The molecular formula is C16H16ClNO2. The minimum Gasteiger partial charge on any atom is -0.504 e. The number of phenols is 1. The number of hydrogen-bond acceptors (Lipinski definition) is 3. The van der Waals surface area contributed by atoms with Crippen LogP contribution in [0.4, 0.5) is 0 Å². The number of aromatic hydroxyl groups is 1. The van der Waals surface area contributed by atoms with Crippen molar-refractivity contribution in [3.63, 3.8) is 0 Å². The Bertz CT molecular complexity index is 626. The second-order valence-corrected chi connectivity index (χ2v) is 4.84. The number of phenolic OH excluding ortho intramolecular Hbond substituents is 1. The standard InChI is InChI=1S/C16H16ClNO2/c1-11(12-5-3-7-14(17)9-12)18-10-13-6-4-8-15(20-2)16(13)19/h3-11,19H,1-2H3/t11-/m0/s1. The van der Waals surface area contributed by atoms with Crippen LogP contribution in [0.1, 0.15) is 24.1 Å². The quantitative estimate of drug-likeness (QED) is 0.856. The van der Waals surface area contributed by atoms with Crippen molar-refractivity contribution in [3.8, 4) is 11.5 Å². The van der Waals surface area contributed by atoms with Crippen LogP contribution in [0.3, 0.4) is 0 Å². The molecule has 0 spiro atoms. The van der Waals surface area contributed by atoms with Crippen LogP contribution in [0, 0.1) is 0 Å². The molecule has 0 amide bonds. The Morgan fingerprint density at radius 3 is 2.70 bits per heavy atom. The van der Waals surface area contributed by atoms with E-state index in [4.69, 9.17) is 16.3 Å². The molecule has 0 heterocycles. The van der Waals surface area contributed by atoms with Gasteiger partial charge in [-0.3, -0.25) is 4.99 Å². The van der Waals surface area contributed by atoms with E-state index in [9.17, 15) is 5.11 Å². The molecule has 3 nitrogen and oxygen atoms in total. The zero-order valence-corrected chi connectivity index (χ0v) is 12.1. The fourth-order valence-corrected chi connectivity index (χ4v) is 2.05. The van der Waals surface area contributed by atoms with Crippen molar-refractivity contribution in [2.24, 2.45) is 4.99 Å². The van der Waals surface area contributed by atoms with Crippen LogP contribution < -0.4 is 4.74 Å². The van der Waals surface area contributed by atoms with Crippen LogP contribution >= 0.6 is 11.6 Å². The van der Waals surface area contributed by atoms with Gasteiger partial charge < -0.3 is 9.84 Å². The number of nitrogens with zero attached hydrogens (tertiary/aromatic N) is 1. The van der Waals surface area contributed by atoms with Gasteiger partial charge in [0.1, 0.15) is 0 Å². The first-order valence-electron chi connectivity index (χ1n) is 6.26. The summed E-state index contributed by atoms with van der Waals surface area (Å²) < 4.78 is 5.06. The lowest BCUT2D eigenvalue weighted by molar-refractivity contribution is 0.373. The molecule has 0 aromatic heterocycles. The predicted molar refractivity (Wildman–Crippen MR) is 82.1 cm³/mol. The molecule has 0 saturated carbocycles. The fraction of sp³-hybridized carbons (Fsp3) is 0.188. The first-order chi connectivity index (χ1) is 9.61. The van der Waals surface area contributed by atoms with Crippen molar-refractivity contribution in [2.75, 3.05) is 7.11 Å². The molecule has 0 radical (unpaired) electrons. The summed E-state index contributed by atoms with van der Waals surface area (Å²) in [5.74, 6) is 0.529. The van der Waals surface area contributed by atoms with E-state index in [-0.39, 0.29) is 11.8 Å². The van der Waals surface area contributed by atoms with Crippen molar-refractivity contribution in [1.29, 1.82) is 0 Å². The number of hydrogen-bond donors (Lipinski definition) is 1. The Balaban J connectivity index is 2.21. The highest BCUT2D eigenvalue weighted by Crippen LogP contribution is 2.28. The Labute approximate surface area is 123 Å². The number of aliphatic imine (C=N–C) groups is 1. The van der Waals surface area contributed by atoms with Crippen molar-refractivity contribution < 1.29 is 9.84 Å². The summed E-state index contributed by atoms with van der Waals surface area (Å²) in [6.07, 6.45) is 1.64. The van der Waals surface area contributed by atoms with Gasteiger partial charge in [-0.15, -0.1) is 0 Å². The maximum absolute atomic E-state index is 9.98. The minimum atomic E-state index is -0.0423. The average Bonchev–Trinajstić information content (AvgIpc) is 2.46. The second kappa shape index (κ2) is 6.44. The van der Waals surface area contributed by atoms with Crippen LogP contribution in [0.2, 0.25) is 5.02 Å². The number of para-hydroxylation sites is 1. The van der Waals surface area contributed by atoms with Crippen molar-refractivity contribution >= 4 is 17.8 Å². The number of rotatable bonds is 4. The third-order valence-electron chi connectivity index (χ3n) is 3.02. The molecule has 0 unspecified atom stereocenters. The third-order valence-corrected chi connectivity index (χ3v) is 3.25. The van der Waals surface area contributed by atoms with E-state index >= 15 is 0 Å². The number of ether oxygens (including phenoxy) is 1. The molecule has 104 valence electrons. The zero-order valence-electron chi connectivity index (χ0n) is 11.4. The number of halogens is 1. The van der Waals surface area contributed by atoms with Crippen LogP contribution in [-0.4, -0.2) is 18.4 Å². The number of benzene rings is 2. The highest BCUT2D eigenvalue weighted by atomic mass is 35.5. The summed E-state index contributed by atoms with van der Waals surface area (Å²) in [5, 5.41) is 10.7. The first-order valence-corrected chi connectivity index (χ1v) is 6.64. The summed E-state index contributed by atoms with van der Waals surface area (Å²) >= 11 is 5.96. The molecule has 2 aromatic rings. The van der Waals surface area contributed by atoms with Crippen molar-refractivity contribution in [3.05, 3.63) is 58.6 Å². The summed E-state index contributed by atoms with van der Waals surface area (Å²) in [6, 6.07) is 12.8. The lowest BCUT2D eigenvalue weighted by atomic mass is 10.1. The van der Waals surface area contributed by atoms with Crippen LogP contribution in [0.25, 0.3) is 0 Å². The van der Waals surface area contributed by atoms with Gasteiger partial charge in [-0.2, -0.15) is 0 Å². The second-order valence-electron chi connectivity index (χ2n) is 4.41. The molecule has 0 fully saturated rings. The summed E-state index contributed by atoms with van der Waals surface area (Å²) in [6.45, 7) is 1.97. The van der Waals surface area contributed by atoms with Gasteiger partial charge in [-0.05, 0) is 36.8 Å². The molecule has 20 heavy (non-hydrogen) atoms. The fourth-order valence-electron chi connectivity index (χ4n) is 1.85. The predicted octanol–water partition coefficient (Wildman–Crippen LogP) is 4.23. The normalized spacial score (nSPS) is 12.6. The summed E-state index contributed by atoms with van der Waals surface area (Å²) in [5.41, 5.74) is 1.65. The SMILES string of the molecule is COc1cccc(C=N[C@@H](C)c2cccc(Cl)c2)c1O. The lowest BCUT2D eigenvalue weighted by Crippen LogP contribution is -1.92. The van der Waals surface area contributed by atoms with E-state index in [1.54, 1.807) is 18.3 Å². The van der Waals surface area contributed by atoms with Gasteiger partial charge in [0.15, 0.2) is 11.5 Å².